The van der Waals surface area contributed by atoms with Gasteiger partial charge in [0.05, 0.1) is 11.5 Å². The Morgan fingerprint density at radius 3 is 2.38 bits per heavy atom. The molecule has 0 aromatic heterocycles. The molecule has 0 aliphatic carbocycles. The second-order valence-corrected chi connectivity index (χ2v) is 7.70. The Balaban J connectivity index is 2.35. The molecular weight excluding hydrogens is 346 g/mol. The molecule has 2 aromatic carbocycles. The fourth-order valence-corrected chi connectivity index (χ4v) is 3.76. The maximum atomic E-state index is 12.9. The standard InChI is InChI=1S/C18H20ClNO3S/c1-15-8-10-17(11-9-15)24(22,23)20(12-4-5-13-21)14-16-6-2-3-7-18(16)19/h2-11,21H,12-14H2,1H3/b5-4-. The van der Waals surface area contributed by atoms with Gasteiger partial charge >= 0.3 is 0 Å². The molecule has 0 aliphatic rings. The third-order valence-corrected chi connectivity index (χ3v) is 5.74. The third kappa shape index (κ3) is 4.68. The van der Waals surface area contributed by atoms with Gasteiger partial charge in [0.1, 0.15) is 0 Å². The van der Waals surface area contributed by atoms with Gasteiger partial charge in [0.15, 0.2) is 0 Å². The number of nitrogens with zero attached hydrogens (tertiary/aromatic N) is 1. The van der Waals surface area contributed by atoms with Crippen LogP contribution < -0.4 is 0 Å². The lowest BCUT2D eigenvalue weighted by molar-refractivity contribution is 0.341. The van der Waals surface area contributed by atoms with Gasteiger partial charge < -0.3 is 5.11 Å². The summed E-state index contributed by atoms with van der Waals surface area (Å²) in [5.74, 6) is 0. The van der Waals surface area contributed by atoms with Crippen LogP contribution in [0.1, 0.15) is 11.1 Å². The van der Waals surface area contributed by atoms with Gasteiger partial charge in [-0.15, -0.1) is 0 Å². The lowest BCUT2D eigenvalue weighted by Crippen LogP contribution is -2.31. The molecule has 0 saturated carbocycles. The second kappa shape index (κ2) is 8.44. The van der Waals surface area contributed by atoms with E-state index < -0.39 is 10.0 Å². The van der Waals surface area contributed by atoms with Crippen molar-refractivity contribution in [3.8, 4) is 0 Å². The Bertz CT molecular complexity index is 801. The van der Waals surface area contributed by atoms with Gasteiger partial charge in [0.25, 0.3) is 0 Å². The van der Waals surface area contributed by atoms with E-state index in [1.165, 1.54) is 10.4 Å². The van der Waals surface area contributed by atoms with Crippen LogP contribution in [0.3, 0.4) is 0 Å². The van der Waals surface area contributed by atoms with Gasteiger partial charge in [-0.3, -0.25) is 0 Å². The van der Waals surface area contributed by atoms with Crippen molar-refractivity contribution in [3.63, 3.8) is 0 Å². The van der Waals surface area contributed by atoms with Crippen LogP contribution >= 0.6 is 11.6 Å². The molecule has 1 N–H and O–H groups in total. The van der Waals surface area contributed by atoms with Crippen LogP contribution in [-0.2, 0) is 16.6 Å². The lowest BCUT2D eigenvalue weighted by atomic mass is 10.2. The summed E-state index contributed by atoms with van der Waals surface area (Å²) in [4.78, 5) is 0.234. The molecular formula is C18H20ClNO3S. The predicted octanol–water partition coefficient (Wildman–Crippen LogP) is 3.39. The van der Waals surface area contributed by atoms with Crippen molar-refractivity contribution in [2.75, 3.05) is 13.2 Å². The molecule has 0 amide bonds. The molecule has 0 heterocycles. The molecule has 4 nitrogen and oxygen atoms in total. The zero-order valence-corrected chi connectivity index (χ0v) is 15.0. The van der Waals surface area contributed by atoms with E-state index in [1.807, 2.05) is 13.0 Å². The Labute approximate surface area is 148 Å². The smallest absolute Gasteiger partial charge is 0.243 e. The van der Waals surface area contributed by atoms with Crippen LogP contribution in [0.15, 0.2) is 65.6 Å². The fraction of sp³-hybridized carbons (Fsp3) is 0.222. The number of rotatable bonds is 7. The zero-order valence-electron chi connectivity index (χ0n) is 13.4. The minimum atomic E-state index is -3.67. The average molecular weight is 366 g/mol. The van der Waals surface area contributed by atoms with Gasteiger partial charge in [-0.2, -0.15) is 4.31 Å². The van der Waals surface area contributed by atoms with Crippen LogP contribution in [0, 0.1) is 6.92 Å². The van der Waals surface area contributed by atoms with Gasteiger partial charge in [-0.05, 0) is 30.7 Å². The highest BCUT2D eigenvalue weighted by Crippen LogP contribution is 2.22. The van der Waals surface area contributed by atoms with Crippen LogP contribution in [0.5, 0.6) is 0 Å². The maximum absolute atomic E-state index is 12.9. The van der Waals surface area contributed by atoms with E-state index in [0.29, 0.717) is 5.02 Å². The molecule has 0 saturated heterocycles. The molecule has 2 rings (SSSR count). The number of halogens is 1. The van der Waals surface area contributed by atoms with Crippen LogP contribution in [0.2, 0.25) is 5.02 Å². The van der Waals surface area contributed by atoms with Crippen molar-refractivity contribution in [3.05, 3.63) is 76.8 Å². The topological polar surface area (TPSA) is 57.6 Å². The van der Waals surface area contributed by atoms with Crippen molar-refractivity contribution in [2.45, 2.75) is 18.4 Å². The van der Waals surface area contributed by atoms with Crippen molar-refractivity contribution in [1.82, 2.24) is 4.31 Å². The van der Waals surface area contributed by atoms with E-state index in [4.69, 9.17) is 16.7 Å². The summed E-state index contributed by atoms with van der Waals surface area (Å²) in [6.45, 7) is 2.08. The number of benzene rings is 2. The number of hydrogen-bond acceptors (Lipinski definition) is 3. The summed E-state index contributed by atoms with van der Waals surface area (Å²) < 4.78 is 27.2. The van der Waals surface area contributed by atoms with Crippen molar-refractivity contribution in [2.24, 2.45) is 0 Å². The second-order valence-electron chi connectivity index (χ2n) is 5.36. The molecule has 128 valence electrons. The zero-order chi connectivity index (χ0) is 17.6. The van der Waals surface area contributed by atoms with E-state index in [2.05, 4.69) is 0 Å². The van der Waals surface area contributed by atoms with Crippen molar-refractivity contribution in [1.29, 1.82) is 0 Å². The summed E-state index contributed by atoms with van der Waals surface area (Å²) in [7, 11) is -3.67. The molecule has 0 aliphatic heterocycles. The molecule has 0 radical (unpaired) electrons. The highest BCUT2D eigenvalue weighted by atomic mass is 35.5. The van der Waals surface area contributed by atoms with Gasteiger partial charge in [0, 0.05) is 18.1 Å². The first-order chi connectivity index (χ1) is 11.4. The highest BCUT2D eigenvalue weighted by molar-refractivity contribution is 7.89. The first-order valence-corrected chi connectivity index (χ1v) is 9.33. The number of hydrogen-bond donors (Lipinski definition) is 1. The average Bonchev–Trinajstić information content (AvgIpc) is 2.56. The SMILES string of the molecule is Cc1ccc(S(=O)(=O)N(C/C=C\CO)Cc2ccccc2Cl)cc1. The van der Waals surface area contributed by atoms with E-state index >= 15 is 0 Å². The van der Waals surface area contributed by atoms with E-state index in [0.717, 1.165) is 11.1 Å². The Morgan fingerprint density at radius 1 is 1.08 bits per heavy atom. The highest BCUT2D eigenvalue weighted by Gasteiger charge is 2.24. The fourth-order valence-electron chi connectivity index (χ4n) is 2.19. The summed E-state index contributed by atoms with van der Waals surface area (Å²) in [5.41, 5.74) is 1.72. The van der Waals surface area contributed by atoms with Gasteiger partial charge in [-0.1, -0.05) is 59.6 Å². The van der Waals surface area contributed by atoms with Crippen molar-refractivity contribution >= 4 is 21.6 Å². The summed E-state index contributed by atoms with van der Waals surface area (Å²) in [6, 6.07) is 13.9. The Hall–Kier alpha value is -1.66. The van der Waals surface area contributed by atoms with Crippen molar-refractivity contribution < 1.29 is 13.5 Å². The lowest BCUT2D eigenvalue weighted by Gasteiger charge is -2.21. The van der Waals surface area contributed by atoms with E-state index in [1.54, 1.807) is 48.5 Å². The van der Waals surface area contributed by atoms with Crippen LogP contribution in [0.4, 0.5) is 0 Å². The first-order valence-electron chi connectivity index (χ1n) is 7.51. The maximum Gasteiger partial charge on any atom is 0.243 e. The minimum Gasteiger partial charge on any atom is -0.392 e. The van der Waals surface area contributed by atoms with Crippen LogP contribution in [0.25, 0.3) is 0 Å². The first kappa shape index (κ1) is 18.7. The van der Waals surface area contributed by atoms with E-state index in [9.17, 15) is 8.42 Å². The summed E-state index contributed by atoms with van der Waals surface area (Å²) in [6.07, 6.45) is 3.15. The largest absolute Gasteiger partial charge is 0.392 e. The number of aliphatic hydroxyl groups excluding tert-OH is 1. The monoisotopic (exact) mass is 365 g/mol. The molecule has 0 fully saturated rings. The summed E-state index contributed by atoms with van der Waals surface area (Å²) in [5, 5.41) is 9.41. The molecule has 0 atom stereocenters. The van der Waals surface area contributed by atoms with Gasteiger partial charge in [-0.25, -0.2) is 8.42 Å². The quantitative estimate of drug-likeness (QED) is 0.765. The molecule has 24 heavy (non-hydrogen) atoms. The van der Waals surface area contributed by atoms with E-state index in [-0.39, 0.29) is 24.6 Å². The molecule has 2 aromatic rings. The molecule has 0 spiro atoms. The summed E-state index contributed by atoms with van der Waals surface area (Å²) >= 11 is 6.17. The normalized spacial score (nSPS) is 12.2. The minimum absolute atomic E-state index is 0.134. The van der Waals surface area contributed by atoms with Gasteiger partial charge in [0.2, 0.25) is 10.0 Å². The van der Waals surface area contributed by atoms with Crippen LogP contribution in [-0.4, -0.2) is 31.0 Å². The molecule has 0 unspecified atom stereocenters. The number of sulfonamides is 1. The Kier molecular flexibility index (Phi) is 6.57. The number of aryl methyl sites for hydroxylation is 1. The Morgan fingerprint density at radius 2 is 1.75 bits per heavy atom. The molecule has 6 heteroatoms. The molecule has 0 bridgehead atoms. The third-order valence-electron chi connectivity index (χ3n) is 3.54. The predicted molar refractivity (Wildman–Crippen MR) is 96.5 cm³/mol. The number of aliphatic hydroxyl groups is 1.